The van der Waals surface area contributed by atoms with Gasteiger partial charge in [0.2, 0.25) is 5.91 Å². The van der Waals surface area contributed by atoms with Crippen LogP contribution in [0.25, 0.3) is 11.1 Å². The maximum Gasteiger partial charge on any atom is 0.265 e. The molecule has 2 aromatic carbocycles. The number of hydrogen-bond acceptors (Lipinski definition) is 5. The van der Waals surface area contributed by atoms with E-state index in [-0.39, 0.29) is 36.0 Å². The first-order chi connectivity index (χ1) is 16.7. The number of hydrogen-bond donors (Lipinski definition) is 0. The van der Waals surface area contributed by atoms with Gasteiger partial charge in [0.1, 0.15) is 12.3 Å². The van der Waals surface area contributed by atoms with E-state index in [0.717, 1.165) is 16.7 Å². The van der Waals surface area contributed by atoms with Gasteiger partial charge in [-0.25, -0.2) is 0 Å². The molecule has 0 spiro atoms. The number of nitrogens with zero attached hydrogens (tertiary/aromatic N) is 4. The van der Waals surface area contributed by atoms with Crippen LogP contribution in [-0.2, 0) is 9.59 Å². The molecule has 1 unspecified atom stereocenters. The summed E-state index contributed by atoms with van der Waals surface area (Å²) >= 11 is 12.3. The molecule has 0 bridgehead atoms. The van der Waals surface area contributed by atoms with Crippen LogP contribution in [0.4, 0.5) is 5.69 Å². The molecule has 0 saturated heterocycles. The third kappa shape index (κ3) is 5.59. The fourth-order valence-electron chi connectivity index (χ4n) is 4.02. The van der Waals surface area contributed by atoms with Crippen molar-refractivity contribution in [2.45, 2.75) is 6.04 Å². The lowest BCUT2D eigenvalue weighted by molar-refractivity contribution is -0.133. The van der Waals surface area contributed by atoms with Crippen LogP contribution < -0.4 is 9.64 Å². The lowest BCUT2D eigenvalue weighted by atomic mass is 10.0. The van der Waals surface area contributed by atoms with Crippen LogP contribution in [0.1, 0.15) is 11.6 Å². The Morgan fingerprint density at radius 1 is 1.09 bits per heavy atom. The summed E-state index contributed by atoms with van der Waals surface area (Å²) in [4.78, 5) is 35.3. The molecular weight excluding hydrogens is 487 g/mol. The first-order valence-electron chi connectivity index (χ1n) is 11.1. The van der Waals surface area contributed by atoms with Crippen molar-refractivity contribution in [3.05, 3.63) is 76.5 Å². The third-order valence-electron chi connectivity index (χ3n) is 5.93. The van der Waals surface area contributed by atoms with Gasteiger partial charge in [-0.05, 0) is 42.9 Å². The van der Waals surface area contributed by atoms with Crippen molar-refractivity contribution in [2.24, 2.45) is 0 Å². The van der Waals surface area contributed by atoms with E-state index in [1.54, 1.807) is 30.3 Å². The summed E-state index contributed by atoms with van der Waals surface area (Å²) in [6, 6.07) is 14.9. The molecule has 0 aliphatic carbocycles. The number of fused-ring (bicyclic) bond motifs is 1. The van der Waals surface area contributed by atoms with E-state index in [4.69, 9.17) is 27.9 Å². The molecule has 1 aliphatic heterocycles. The normalized spacial score (nSPS) is 13.9. The molecule has 4 rings (SSSR count). The molecule has 35 heavy (non-hydrogen) atoms. The number of carbonyl (C=O) groups is 2. The van der Waals surface area contributed by atoms with Gasteiger partial charge in [-0.3, -0.25) is 19.5 Å². The first kappa shape index (κ1) is 25.0. The molecule has 0 saturated carbocycles. The molecular formula is C26H26Cl2N4O3. The number of aromatic nitrogens is 1. The van der Waals surface area contributed by atoms with Crippen LogP contribution in [0.2, 0.25) is 10.0 Å². The second kappa shape index (κ2) is 10.6. The molecule has 0 fully saturated rings. The summed E-state index contributed by atoms with van der Waals surface area (Å²) in [5.74, 6) is -0.103. The van der Waals surface area contributed by atoms with Gasteiger partial charge in [0.05, 0.1) is 21.8 Å². The molecule has 2 amide bonds. The van der Waals surface area contributed by atoms with Crippen molar-refractivity contribution in [3.8, 4) is 16.9 Å². The van der Waals surface area contributed by atoms with Gasteiger partial charge in [-0.15, -0.1) is 0 Å². The van der Waals surface area contributed by atoms with Crippen LogP contribution in [-0.4, -0.2) is 67.4 Å². The van der Waals surface area contributed by atoms with E-state index in [9.17, 15) is 9.59 Å². The van der Waals surface area contributed by atoms with E-state index < -0.39 is 0 Å². The predicted molar refractivity (Wildman–Crippen MR) is 138 cm³/mol. The first-order valence-corrected chi connectivity index (χ1v) is 11.8. The summed E-state index contributed by atoms with van der Waals surface area (Å²) in [7, 11) is 5.68. The number of likely N-dealkylation sites (N-methyl/N-ethyl adjacent to an activating group) is 2. The number of anilines is 1. The highest BCUT2D eigenvalue weighted by molar-refractivity contribution is 6.42. The number of halogens is 2. The van der Waals surface area contributed by atoms with Gasteiger partial charge in [-0.1, -0.05) is 53.5 Å². The summed E-state index contributed by atoms with van der Waals surface area (Å²) in [6.45, 7) is 0.309. The van der Waals surface area contributed by atoms with E-state index in [1.165, 1.54) is 4.90 Å². The quantitative estimate of drug-likeness (QED) is 0.464. The minimum atomic E-state index is -0.317. The van der Waals surface area contributed by atoms with Crippen molar-refractivity contribution < 1.29 is 14.3 Å². The predicted octanol–water partition coefficient (Wildman–Crippen LogP) is 4.54. The van der Waals surface area contributed by atoms with Crippen LogP contribution >= 0.6 is 23.2 Å². The average molecular weight is 513 g/mol. The van der Waals surface area contributed by atoms with Gasteiger partial charge in [-0.2, -0.15) is 0 Å². The number of ether oxygens (including phenoxy) is 1. The molecule has 9 heteroatoms. The molecule has 182 valence electrons. The van der Waals surface area contributed by atoms with E-state index >= 15 is 0 Å². The number of amides is 2. The van der Waals surface area contributed by atoms with Crippen LogP contribution in [0.3, 0.4) is 0 Å². The van der Waals surface area contributed by atoms with E-state index in [2.05, 4.69) is 4.98 Å². The smallest absolute Gasteiger partial charge is 0.265 e. The van der Waals surface area contributed by atoms with Gasteiger partial charge in [0.15, 0.2) is 6.61 Å². The van der Waals surface area contributed by atoms with Crippen LogP contribution in [0.15, 0.2) is 60.9 Å². The van der Waals surface area contributed by atoms with Crippen LogP contribution in [0, 0.1) is 0 Å². The molecule has 1 aliphatic rings. The SMILES string of the molecule is CN(C)CC(c1ccc(-c2cccnc2)cc1)N(C)C(=O)CN1C(=O)COc2cc(Cl)c(Cl)cc21. The Morgan fingerprint density at radius 2 is 1.80 bits per heavy atom. The molecule has 7 nitrogen and oxygen atoms in total. The van der Waals surface area contributed by atoms with Crippen molar-refractivity contribution in [1.82, 2.24) is 14.8 Å². The summed E-state index contributed by atoms with van der Waals surface area (Å²) in [6.07, 6.45) is 3.56. The Hall–Kier alpha value is -3.13. The summed E-state index contributed by atoms with van der Waals surface area (Å²) in [5.41, 5.74) is 3.49. The van der Waals surface area contributed by atoms with Crippen LogP contribution in [0.5, 0.6) is 5.75 Å². The van der Waals surface area contributed by atoms with E-state index in [1.807, 2.05) is 61.6 Å². The Balaban J connectivity index is 1.57. The minimum absolute atomic E-state index is 0.138. The zero-order chi connectivity index (χ0) is 25.1. The molecule has 0 N–H and O–H groups in total. The molecule has 0 radical (unpaired) electrons. The van der Waals surface area contributed by atoms with Crippen molar-refractivity contribution in [1.29, 1.82) is 0 Å². The summed E-state index contributed by atoms with van der Waals surface area (Å²) < 4.78 is 5.49. The molecule has 2 heterocycles. The number of carbonyl (C=O) groups excluding carboxylic acids is 2. The fourth-order valence-corrected chi connectivity index (χ4v) is 4.33. The van der Waals surface area contributed by atoms with Gasteiger partial charge >= 0.3 is 0 Å². The highest BCUT2D eigenvalue weighted by Crippen LogP contribution is 2.39. The number of rotatable bonds is 7. The monoisotopic (exact) mass is 512 g/mol. The topological polar surface area (TPSA) is 66.0 Å². The minimum Gasteiger partial charge on any atom is -0.482 e. The van der Waals surface area contributed by atoms with E-state index in [0.29, 0.717) is 23.0 Å². The Kier molecular flexibility index (Phi) is 7.60. The maximum atomic E-state index is 13.4. The van der Waals surface area contributed by atoms with Gasteiger partial charge in [0.25, 0.3) is 5.91 Å². The second-order valence-electron chi connectivity index (χ2n) is 8.65. The van der Waals surface area contributed by atoms with Gasteiger partial charge in [0, 0.05) is 32.1 Å². The van der Waals surface area contributed by atoms with Crippen molar-refractivity contribution in [3.63, 3.8) is 0 Å². The van der Waals surface area contributed by atoms with Gasteiger partial charge < -0.3 is 14.5 Å². The fraction of sp³-hybridized carbons (Fsp3) is 0.269. The molecule has 3 aromatic rings. The maximum absolute atomic E-state index is 13.4. The zero-order valence-electron chi connectivity index (χ0n) is 19.7. The largest absolute Gasteiger partial charge is 0.482 e. The zero-order valence-corrected chi connectivity index (χ0v) is 21.3. The second-order valence-corrected chi connectivity index (χ2v) is 9.46. The number of pyridine rings is 1. The average Bonchev–Trinajstić information content (AvgIpc) is 2.85. The third-order valence-corrected chi connectivity index (χ3v) is 6.65. The molecule has 1 atom stereocenters. The van der Waals surface area contributed by atoms with Crippen molar-refractivity contribution >= 4 is 40.7 Å². The lowest BCUT2D eigenvalue weighted by Crippen LogP contribution is -2.47. The van der Waals surface area contributed by atoms with Crippen molar-refractivity contribution in [2.75, 3.05) is 45.7 Å². The standard InChI is InChI=1S/C26H26Cl2N4O3/c1-30(2)14-23(18-8-6-17(7-9-18)19-5-4-10-29-13-19)31(3)25(33)15-32-22-11-20(27)21(28)12-24(22)35-16-26(32)34/h4-13,23H,14-16H2,1-3H3. The lowest BCUT2D eigenvalue weighted by Gasteiger charge is -2.34. The Morgan fingerprint density at radius 3 is 2.46 bits per heavy atom. The highest BCUT2D eigenvalue weighted by Gasteiger charge is 2.31. The Bertz CT molecular complexity index is 1220. The summed E-state index contributed by atoms with van der Waals surface area (Å²) in [5, 5.41) is 0.609. The highest BCUT2D eigenvalue weighted by atomic mass is 35.5. The molecule has 1 aromatic heterocycles. The number of benzene rings is 2. The Labute approximate surface area is 214 Å².